The van der Waals surface area contributed by atoms with Crippen LogP contribution in [0.1, 0.15) is 42.5 Å². The molecule has 25 heavy (non-hydrogen) atoms. The highest BCUT2D eigenvalue weighted by atomic mass is 32.2. The minimum absolute atomic E-state index is 0.0608. The van der Waals surface area contributed by atoms with E-state index in [1.807, 2.05) is 29.1 Å². The van der Waals surface area contributed by atoms with Crippen LogP contribution >= 0.6 is 11.8 Å². The smallest absolute Gasteiger partial charge is 0.267 e. The second kappa shape index (κ2) is 7.04. The lowest BCUT2D eigenvalue weighted by Gasteiger charge is -2.13. The van der Waals surface area contributed by atoms with E-state index >= 15 is 0 Å². The minimum atomic E-state index is 0.0608. The van der Waals surface area contributed by atoms with Crippen molar-refractivity contribution < 1.29 is 0 Å². The number of hydrogen-bond donors (Lipinski definition) is 0. The van der Waals surface area contributed by atoms with E-state index in [9.17, 15) is 4.79 Å². The second-order valence-electron chi connectivity index (χ2n) is 6.51. The molecule has 0 saturated heterocycles. The first kappa shape index (κ1) is 16.4. The summed E-state index contributed by atoms with van der Waals surface area (Å²) in [7, 11) is 0. The van der Waals surface area contributed by atoms with Crippen molar-refractivity contribution in [2.45, 2.75) is 50.2 Å². The van der Waals surface area contributed by atoms with Gasteiger partial charge >= 0.3 is 0 Å². The average Bonchev–Trinajstić information content (AvgIpc) is 2.95. The molecule has 0 amide bonds. The van der Waals surface area contributed by atoms with Crippen molar-refractivity contribution in [3.8, 4) is 0 Å². The van der Waals surface area contributed by atoms with E-state index in [-0.39, 0.29) is 5.56 Å². The standard InChI is InChI=1S/C19H22N4OS/c1-25-19-21-18-20-16-12-8-3-2-7-11-15(16)17(24)23(18)22(19)13-14-9-5-4-6-10-14/h4-6,9-10H,2-3,7-8,11-13H2,1H3. The Kier molecular flexibility index (Phi) is 4.61. The summed E-state index contributed by atoms with van der Waals surface area (Å²) in [6, 6.07) is 10.2. The lowest BCUT2D eigenvalue weighted by Crippen LogP contribution is -2.28. The van der Waals surface area contributed by atoms with E-state index in [0.717, 1.165) is 47.7 Å². The third-order valence-electron chi connectivity index (χ3n) is 4.83. The summed E-state index contributed by atoms with van der Waals surface area (Å²) in [6.45, 7) is 0.619. The predicted octanol–water partition coefficient (Wildman–Crippen LogP) is 3.32. The van der Waals surface area contributed by atoms with Crippen LogP contribution in [-0.4, -0.2) is 25.4 Å². The fourth-order valence-corrected chi connectivity index (χ4v) is 4.08. The van der Waals surface area contributed by atoms with E-state index < -0.39 is 0 Å². The molecule has 0 fully saturated rings. The van der Waals surface area contributed by atoms with E-state index in [4.69, 9.17) is 4.98 Å². The maximum atomic E-state index is 13.2. The first-order valence-corrected chi connectivity index (χ1v) is 10.1. The number of benzene rings is 1. The molecule has 3 aromatic rings. The van der Waals surface area contributed by atoms with Crippen LogP contribution in [0.25, 0.3) is 5.78 Å². The fraction of sp³-hybridized carbons (Fsp3) is 0.421. The van der Waals surface area contributed by atoms with Crippen molar-refractivity contribution >= 4 is 17.5 Å². The third-order valence-corrected chi connectivity index (χ3v) is 5.50. The highest BCUT2D eigenvalue weighted by Crippen LogP contribution is 2.20. The molecule has 0 saturated carbocycles. The van der Waals surface area contributed by atoms with Crippen LogP contribution in [0.5, 0.6) is 0 Å². The number of thioether (sulfide) groups is 1. The normalized spacial score (nSPS) is 14.9. The summed E-state index contributed by atoms with van der Waals surface area (Å²) in [4.78, 5) is 22.6. The molecule has 0 atom stereocenters. The third kappa shape index (κ3) is 3.11. The molecule has 1 aliphatic carbocycles. The van der Waals surface area contributed by atoms with Crippen LogP contribution in [0.2, 0.25) is 0 Å². The summed E-state index contributed by atoms with van der Waals surface area (Å²) in [5.41, 5.74) is 3.06. The Balaban J connectivity index is 1.89. The van der Waals surface area contributed by atoms with Crippen LogP contribution in [0.3, 0.4) is 0 Å². The molecule has 0 aliphatic heterocycles. The summed E-state index contributed by atoms with van der Waals surface area (Å²) in [6.07, 6.45) is 8.30. The molecule has 5 nitrogen and oxygen atoms in total. The Morgan fingerprint density at radius 3 is 2.56 bits per heavy atom. The average molecular weight is 354 g/mol. The number of aromatic nitrogens is 4. The molecule has 0 N–H and O–H groups in total. The molecule has 1 aliphatic rings. The van der Waals surface area contributed by atoms with Crippen molar-refractivity contribution in [3.05, 3.63) is 57.5 Å². The van der Waals surface area contributed by atoms with E-state index in [0.29, 0.717) is 12.3 Å². The first-order valence-electron chi connectivity index (χ1n) is 8.87. The van der Waals surface area contributed by atoms with Gasteiger partial charge < -0.3 is 0 Å². The highest BCUT2D eigenvalue weighted by Gasteiger charge is 2.20. The number of fused-ring (bicyclic) bond motifs is 2. The molecule has 2 aromatic heterocycles. The van der Waals surface area contributed by atoms with Crippen molar-refractivity contribution in [1.82, 2.24) is 19.2 Å². The van der Waals surface area contributed by atoms with Gasteiger partial charge in [0.15, 0.2) is 5.16 Å². The Hall–Kier alpha value is -2.08. The van der Waals surface area contributed by atoms with Gasteiger partial charge in [0.25, 0.3) is 11.3 Å². The van der Waals surface area contributed by atoms with Gasteiger partial charge in [0, 0.05) is 5.56 Å². The van der Waals surface area contributed by atoms with Crippen molar-refractivity contribution in [2.24, 2.45) is 0 Å². The molecule has 130 valence electrons. The number of aryl methyl sites for hydroxylation is 1. The zero-order valence-electron chi connectivity index (χ0n) is 14.4. The van der Waals surface area contributed by atoms with Gasteiger partial charge in [0.1, 0.15) is 0 Å². The van der Waals surface area contributed by atoms with Gasteiger partial charge in [0.05, 0.1) is 12.2 Å². The van der Waals surface area contributed by atoms with Gasteiger partial charge in [-0.1, -0.05) is 54.9 Å². The first-order chi connectivity index (χ1) is 12.3. The van der Waals surface area contributed by atoms with Crippen molar-refractivity contribution in [3.63, 3.8) is 0 Å². The van der Waals surface area contributed by atoms with E-state index in [2.05, 4.69) is 17.1 Å². The largest absolute Gasteiger partial charge is 0.277 e. The Morgan fingerprint density at radius 1 is 1.04 bits per heavy atom. The molecule has 6 heteroatoms. The number of nitrogens with zero attached hydrogens (tertiary/aromatic N) is 4. The zero-order chi connectivity index (χ0) is 17.2. The lowest BCUT2D eigenvalue weighted by molar-refractivity contribution is 0.551. The lowest BCUT2D eigenvalue weighted by atomic mass is 9.98. The van der Waals surface area contributed by atoms with Crippen molar-refractivity contribution in [1.29, 1.82) is 0 Å². The Morgan fingerprint density at radius 2 is 1.80 bits per heavy atom. The molecule has 0 radical (unpaired) electrons. The van der Waals surface area contributed by atoms with Crippen LogP contribution in [0.15, 0.2) is 40.3 Å². The second-order valence-corrected chi connectivity index (χ2v) is 7.28. The summed E-state index contributed by atoms with van der Waals surface area (Å²) >= 11 is 1.55. The molecule has 0 bridgehead atoms. The number of hydrogen-bond acceptors (Lipinski definition) is 4. The van der Waals surface area contributed by atoms with Crippen molar-refractivity contribution in [2.75, 3.05) is 6.26 Å². The predicted molar refractivity (Wildman–Crippen MR) is 100 cm³/mol. The van der Waals surface area contributed by atoms with Gasteiger partial charge in [-0.2, -0.15) is 9.50 Å². The minimum Gasteiger partial charge on any atom is -0.267 e. The SMILES string of the molecule is CSc1nc2nc3c(c(=O)n2n1Cc1ccccc1)CCCCCC3. The highest BCUT2D eigenvalue weighted by molar-refractivity contribution is 7.98. The van der Waals surface area contributed by atoms with Crippen LogP contribution < -0.4 is 5.56 Å². The van der Waals surface area contributed by atoms with Gasteiger partial charge in [-0.05, 0) is 37.5 Å². The quantitative estimate of drug-likeness (QED) is 0.677. The van der Waals surface area contributed by atoms with Crippen LogP contribution in [-0.2, 0) is 19.4 Å². The molecule has 1 aromatic carbocycles. The molecule has 0 spiro atoms. The monoisotopic (exact) mass is 354 g/mol. The molecular formula is C19H22N4OS. The van der Waals surface area contributed by atoms with Crippen LogP contribution in [0.4, 0.5) is 0 Å². The molecule has 2 heterocycles. The van der Waals surface area contributed by atoms with Gasteiger partial charge in [-0.15, -0.1) is 0 Å². The number of rotatable bonds is 3. The summed E-state index contributed by atoms with van der Waals surface area (Å²) < 4.78 is 3.64. The van der Waals surface area contributed by atoms with Gasteiger partial charge in [-0.3, -0.25) is 4.79 Å². The maximum absolute atomic E-state index is 13.2. The maximum Gasteiger partial charge on any atom is 0.277 e. The van der Waals surface area contributed by atoms with Gasteiger partial charge in [-0.25, -0.2) is 9.67 Å². The van der Waals surface area contributed by atoms with E-state index in [1.165, 1.54) is 12.8 Å². The zero-order valence-corrected chi connectivity index (χ0v) is 15.3. The summed E-state index contributed by atoms with van der Waals surface area (Å²) in [5, 5.41) is 0.825. The molecule has 0 unspecified atom stereocenters. The van der Waals surface area contributed by atoms with Crippen LogP contribution in [0, 0.1) is 0 Å². The fourth-order valence-electron chi connectivity index (χ4n) is 3.55. The Bertz CT molecular complexity index is 945. The molecular weight excluding hydrogens is 332 g/mol. The Labute approximate surface area is 151 Å². The topological polar surface area (TPSA) is 52.2 Å². The summed E-state index contributed by atoms with van der Waals surface area (Å²) in [5.74, 6) is 0.532. The van der Waals surface area contributed by atoms with Gasteiger partial charge in [0.2, 0.25) is 0 Å². The van der Waals surface area contributed by atoms with E-state index in [1.54, 1.807) is 16.3 Å². The molecule has 4 rings (SSSR count).